The SMILES string of the molecule is CNC(=O)c1cccnc1N1CC(CS(=O)(=O)F)CC1=O. The van der Waals surface area contributed by atoms with Crippen LogP contribution in [0.5, 0.6) is 0 Å². The zero-order chi connectivity index (χ0) is 15.6. The first-order chi connectivity index (χ1) is 9.81. The van der Waals surface area contributed by atoms with E-state index in [1.54, 1.807) is 6.07 Å². The highest BCUT2D eigenvalue weighted by molar-refractivity contribution is 7.86. The van der Waals surface area contributed by atoms with Crippen LogP contribution in [-0.4, -0.2) is 44.6 Å². The number of aromatic nitrogens is 1. The van der Waals surface area contributed by atoms with Gasteiger partial charge in [0.25, 0.3) is 5.91 Å². The predicted molar refractivity (Wildman–Crippen MR) is 73.0 cm³/mol. The largest absolute Gasteiger partial charge is 0.355 e. The van der Waals surface area contributed by atoms with Crippen molar-refractivity contribution in [1.29, 1.82) is 0 Å². The van der Waals surface area contributed by atoms with Crippen LogP contribution in [-0.2, 0) is 15.0 Å². The van der Waals surface area contributed by atoms with Gasteiger partial charge in [-0.15, -0.1) is 3.89 Å². The molecule has 2 amide bonds. The maximum atomic E-state index is 12.7. The van der Waals surface area contributed by atoms with Crippen molar-refractivity contribution in [3.05, 3.63) is 23.9 Å². The summed E-state index contributed by atoms with van der Waals surface area (Å²) >= 11 is 0. The Morgan fingerprint density at radius 3 is 2.90 bits per heavy atom. The molecule has 2 rings (SSSR count). The van der Waals surface area contributed by atoms with Crippen molar-refractivity contribution in [2.24, 2.45) is 5.92 Å². The maximum Gasteiger partial charge on any atom is 0.302 e. The highest BCUT2D eigenvalue weighted by Gasteiger charge is 2.35. The number of nitrogens with zero attached hydrogens (tertiary/aromatic N) is 2. The van der Waals surface area contributed by atoms with E-state index < -0.39 is 27.8 Å². The summed E-state index contributed by atoms with van der Waals surface area (Å²) in [4.78, 5) is 29.0. The van der Waals surface area contributed by atoms with E-state index in [2.05, 4.69) is 10.3 Å². The van der Waals surface area contributed by atoms with Gasteiger partial charge in [-0.1, -0.05) is 0 Å². The van der Waals surface area contributed by atoms with Gasteiger partial charge in [0.1, 0.15) is 5.82 Å². The van der Waals surface area contributed by atoms with Crippen LogP contribution >= 0.6 is 0 Å². The van der Waals surface area contributed by atoms with Crippen LogP contribution in [0.15, 0.2) is 18.3 Å². The fourth-order valence-corrected chi connectivity index (χ4v) is 3.09. The molecule has 0 radical (unpaired) electrons. The molecule has 1 aliphatic heterocycles. The summed E-state index contributed by atoms with van der Waals surface area (Å²) in [6.45, 7) is 0.0169. The molecule has 21 heavy (non-hydrogen) atoms. The van der Waals surface area contributed by atoms with Gasteiger partial charge < -0.3 is 5.32 Å². The van der Waals surface area contributed by atoms with Crippen LogP contribution in [0, 0.1) is 5.92 Å². The average molecular weight is 315 g/mol. The number of carbonyl (C=O) groups is 2. The Kier molecular flexibility index (Phi) is 4.21. The molecule has 1 fully saturated rings. The summed E-state index contributed by atoms with van der Waals surface area (Å²) in [7, 11) is -3.20. The Morgan fingerprint density at radius 1 is 1.57 bits per heavy atom. The van der Waals surface area contributed by atoms with Crippen LogP contribution in [0.1, 0.15) is 16.8 Å². The highest BCUT2D eigenvalue weighted by atomic mass is 32.3. The van der Waals surface area contributed by atoms with Crippen molar-refractivity contribution in [1.82, 2.24) is 10.3 Å². The van der Waals surface area contributed by atoms with E-state index >= 15 is 0 Å². The summed E-state index contributed by atoms with van der Waals surface area (Å²) in [5.41, 5.74) is 0.206. The molecule has 1 aromatic heterocycles. The van der Waals surface area contributed by atoms with Gasteiger partial charge in [0, 0.05) is 32.1 Å². The number of carbonyl (C=O) groups excluding carboxylic acids is 2. The lowest BCUT2D eigenvalue weighted by Gasteiger charge is -2.18. The number of hydrogen-bond acceptors (Lipinski definition) is 5. The van der Waals surface area contributed by atoms with Crippen molar-refractivity contribution in [3.8, 4) is 0 Å². The minimum absolute atomic E-state index is 0.0169. The standard InChI is InChI=1S/C12H14FN3O4S/c1-14-12(18)9-3-2-4-15-11(9)16-6-8(5-10(16)17)7-21(13,19)20/h2-4,8H,5-7H2,1H3,(H,14,18). The van der Waals surface area contributed by atoms with E-state index in [0.29, 0.717) is 0 Å². The predicted octanol–water partition coefficient (Wildman–Crippen LogP) is 0.0934. The molecule has 0 bridgehead atoms. The second-order valence-corrected chi connectivity index (χ2v) is 6.14. The van der Waals surface area contributed by atoms with Crippen LogP contribution < -0.4 is 10.2 Å². The molecule has 0 aliphatic carbocycles. The van der Waals surface area contributed by atoms with Gasteiger partial charge >= 0.3 is 10.2 Å². The smallest absolute Gasteiger partial charge is 0.302 e. The first-order valence-corrected chi connectivity index (χ1v) is 7.77. The van der Waals surface area contributed by atoms with Gasteiger partial charge in [-0.2, -0.15) is 8.42 Å². The lowest BCUT2D eigenvalue weighted by molar-refractivity contribution is -0.117. The molecule has 1 atom stereocenters. The van der Waals surface area contributed by atoms with Gasteiger partial charge in [-0.05, 0) is 12.1 Å². The molecule has 0 spiro atoms. The van der Waals surface area contributed by atoms with Gasteiger partial charge in [0.05, 0.1) is 11.3 Å². The van der Waals surface area contributed by atoms with E-state index in [-0.39, 0.29) is 30.3 Å². The van der Waals surface area contributed by atoms with E-state index in [1.807, 2.05) is 0 Å². The summed E-state index contributed by atoms with van der Waals surface area (Å²) in [6.07, 6.45) is 1.33. The zero-order valence-electron chi connectivity index (χ0n) is 11.2. The third-order valence-electron chi connectivity index (χ3n) is 3.15. The number of pyridine rings is 1. The van der Waals surface area contributed by atoms with Crippen LogP contribution in [0.4, 0.5) is 9.70 Å². The topological polar surface area (TPSA) is 96.4 Å². The van der Waals surface area contributed by atoms with E-state index in [0.717, 1.165) is 0 Å². The Bertz CT molecular complexity index is 677. The normalized spacial score (nSPS) is 18.9. The maximum absolute atomic E-state index is 12.7. The number of nitrogens with one attached hydrogen (secondary N) is 1. The summed E-state index contributed by atoms with van der Waals surface area (Å²) in [5, 5.41) is 2.44. The lowest BCUT2D eigenvalue weighted by Crippen LogP contribution is -2.30. The third-order valence-corrected chi connectivity index (χ3v) is 4.02. The molecule has 1 saturated heterocycles. The van der Waals surface area contributed by atoms with Gasteiger partial charge in [-0.3, -0.25) is 14.5 Å². The fraction of sp³-hybridized carbons (Fsp3) is 0.417. The second-order valence-electron chi connectivity index (χ2n) is 4.73. The molecular formula is C12H14FN3O4S. The average Bonchev–Trinajstić information content (AvgIpc) is 2.76. The van der Waals surface area contributed by atoms with E-state index in [4.69, 9.17) is 0 Å². The number of hydrogen-bond donors (Lipinski definition) is 1. The molecular weight excluding hydrogens is 301 g/mol. The monoisotopic (exact) mass is 315 g/mol. The number of rotatable bonds is 4. The molecule has 9 heteroatoms. The van der Waals surface area contributed by atoms with Crippen molar-refractivity contribution < 1.29 is 21.9 Å². The molecule has 1 aliphatic rings. The molecule has 0 saturated carbocycles. The number of anilines is 1. The van der Waals surface area contributed by atoms with Crippen molar-refractivity contribution in [3.63, 3.8) is 0 Å². The minimum atomic E-state index is -4.65. The van der Waals surface area contributed by atoms with Crippen molar-refractivity contribution in [2.45, 2.75) is 6.42 Å². The van der Waals surface area contributed by atoms with E-state index in [1.165, 1.54) is 24.2 Å². The van der Waals surface area contributed by atoms with Crippen LogP contribution in [0.2, 0.25) is 0 Å². The van der Waals surface area contributed by atoms with Crippen LogP contribution in [0.25, 0.3) is 0 Å². The van der Waals surface area contributed by atoms with Crippen molar-refractivity contribution >= 4 is 27.9 Å². The molecule has 1 aromatic rings. The van der Waals surface area contributed by atoms with E-state index in [9.17, 15) is 21.9 Å². The Hall–Kier alpha value is -2.03. The Balaban J connectivity index is 2.27. The first kappa shape index (κ1) is 15.4. The number of halogens is 1. The quantitative estimate of drug-likeness (QED) is 0.795. The number of amides is 2. The lowest BCUT2D eigenvalue weighted by atomic mass is 10.1. The van der Waals surface area contributed by atoms with Gasteiger partial charge in [0.15, 0.2) is 0 Å². The second kappa shape index (κ2) is 5.76. The van der Waals surface area contributed by atoms with Crippen LogP contribution in [0.3, 0.4) is 0 Å². The Morgan fingerprint density at radius 2 is 2.29 bits per heavy atom. The summed E-state index contributed by atoms with van der Waals surface area (Å²) in [5.74, 6) is -2.00. The summed E-state index contributed by atoms with van der Waals surface area (Å²) < 4.78 is 34.1. The van der Waals surface area contributed by atoms with Gasteiger partial charge in [0.2, 0.25) is 5.91 Å². The third kappa shape index (κ3) is 3.54. The van der Waals surface area contributed by atoms with Crippen molar-refractivity contribution in [2.75, 3.05) is 24.2 Å². The molecule has 1 unspecified atom stereocenters. The molecule has 114 valence electrons. The Labute approximate surface area is 121 Å². The molecule has 2 heterocycles. The highest BCUT2D eigenvalue weighted by Crippen LogP contribution is 2.27. The first-order valence-electron chi connectivity index (χ1n) is 6.21. The fourth-order valence-electron chi connectivity index (χ4n) is 2.30. The molecule has 7 nitrogen and oxygen atoms in total. The zero-order valence-corrected chi connectivity index (χ0v) is 12.1. The molecule has 0 aromatic carbocycles. The molecule has 1 N–H and O–H groups in total. The summed E-state index contributed by atoms with van der Waals surface area (Å²) in [6, 6.07) is 3.06. The minimum Gasteiger partial charge on any atom is -0.355 e. The van der Waals surface area contributed by atoms with Gasteiger partial charge in [-0.25, -0.2) is 4.98 Å².